The van der Waals surface area contributed by atoms with Crippen molar-refractivity contribution in [3.8, 4) is 0 Å². The first kappa shape index (κ1) is 16.9. The summed E-state index contributed by atoms with van der Waals surface area (Å²) in [5.41, 5.74) is 0. The molecule has 0 amide bonds. The Labute approximate surface area is 113 Å². The van der Waals surface area contributed by atoms with E-state index in [1.807, 2.05) is 0 Å². The van der Waals surface area contributed by atoms with E-state index < -0.39 is 16.5 Å². The van der Waals surface area contributed by atoms with Gasteiger partial charge in [0.1, 0.15) is 16.5 Å². The van der Waals surface area contributed by atoms with Crippen LogP contribution in [0.15, 0.2) is 0 Å². The lowest BCUT2D eigenvalue weighted by atomic mass is 10.2. The van der Waals surface area contributed by atoms with Gasteiger partial charge in [-0.05, 0) is 18.5 Å². The van der Waals surface area contributed by atoms with Crippen LogP contribution >= 0.6 is 15.9 Å². The van der Waals surface area contributed by atoms with Crippen molar-refractivity contribution in [3.05, 3.63) is 0 Å². The van der Waals surface area contributed by atoms with Gasteiger partial charge in [-0.25, -0.2) is 0 Å². The van der Waals surface area contributed by atoms with Gasteiger partial charge in [0, 0.05) is 5.33 Å². The maximum atomic E-state index is 3.85. The third kappa shape index (κ3) is 8.96. The summed E-state index contributed by atoms with van der Waals surface area (Å²) in [6.45, 7) is 12.0. The molecule has 0 unspecified atom stereocenters. The fourth-order valence-corrected chi connectivity index (χ4v) is 15.9. The summed E-state index contributed by atoms with van der Waals surface area (Å²) in [6, 6.07) is 3.01. The summed E-state index contributed by atoms with van der Waals surface area (Å²) < 4.78 is 3.85. The van der Waals surface area contributed by atoms with Crippen LogP contribution in [-0.2, 0) is 0 Å². The zero-order valence-electron chi connectivity index (χ0n) is 11.8. The van der Waals surface area contributed by atoms with Crippen molar-refractivity contribution in [3.63, 3.8) is 0 Å². The Morgan fingerprint density at radius 1 is 0.938 bits per heavy atom. The minimum Gasteiger partial charge on any atom is -0.359 e. The van der Waals surface area contributed by atoms with Gasteiger partial charge >= 0.3 is 0 Å². The molecule has 1 rings (SSSR count). The Morgan fingerprint density at radius 3 is 1.69 bits per heavy atom. The number of hydrogen-bond acceptors (Lipinski definition) is 1. The normalized spacial score (nSPS) is 21.4. The lowest BCUT2D eigenvalue weighted by molar-refractivity contribution is 0.708. The minimum atomic E-state index is -0.864. The van der Waals surface area contributed by atoms with Crippen LogP contribution in [0.4, 0.5) is 0 Å². The Bertz CT molecular complexity index is 166. The van der Waals surface area contributed by atoms with Crippen LogP contribution in [0, 0.1) is 0 Å². The molecule has 16 heavy (non-hydrogen) atoms. The first-order valence-corrected chi connectivity index (χ1v) is 14.2. The summed E-state index contributed by atoms with van der Waals surface area (Å²) in [5.74, 6) is 0. The fraction of sp³-hybridized carbons (Fsp3) is 1.00. The SMILES string of the molecule is CCCCCCBr.C[Si]1(C)CC[Si](C)(C)N1. The summed E-state index contributed by atoms with van der Waals surface area (Å²) in [6.07, 6.45) is 5.47. The highest BCUT2D eigenvalue weighted by Gasteiger charge is 2.38. The Morgan fingerprint density at radius 2 is 1.44 bits per heavy atom. The van der Waals surface area contributed by atoms with E-state index in [9.17, 15) is 0 Å². The molecule has 1 fully saturated rings. The average Bonchev–Trinajstić information content (AvgIpc) is 2.41. The highest BCUT2D eigenvalue weighted by atomic mass is 79.9. The largest absolute Gasteiger partial charge is 0.359 e. The second-order valence-electron chi connectivity index (χ2n) is 6.14. The first-order valence-electron chi connectivity index (χ1n) is 6.68. The molecule has 0 radical (unpaired) electrons. The molecule has 4 heteroatoms. The predicted molar refractivity (Wildman–Crippen MR) is 85.6 cm³/mol. The summed E-state index contributed by atoms with van der Waals surface area (Å²) in [5, 5.41) is 1.17. The Hall–Kier alpha value is 0.874. The summed E-state index contributed by atoms with van der Waals surface area (Å²) in [4.78, 5) is 0. The van der Waals surface area contributed by atoms with E-state index in [1.54, 1.807) is 0 Å². The molecule has 1 N–H and O–H groups in total. The maximum Gasteiger partial charge on any atom is 0.112 e. The average molecular weight is 324 g/mol. The standard InChI is InChI=1S/C6H13Br.C6H17NSi2/c1-2-3-4-5-6-7;1-8(2)5-6-9(3,4)7-8/h2-6H2,1H3;7H,5-6H2,1-4H3. The third-order valence-electron chi connectivity index (χ3n) is 3.04. The van der Waals surface area contributed by atoms with E-state index in [0.29, 0.717) is 0 Å². The Kier molecular flexibility index (Phi) is 8.50. The van der Waals surface area contributed by atoms with Crippen LogP contribution in [0.2, 0.25) is 38.3 Å². The highest BCUT2D eigenvalue weighted by Crippen LogP contribution is 2.25. The van der Waals surface area contributed by atoms with E-state index in [-0.39, 0.29) is 0 Å². The zero-order chi connectivity index (χ0) is 12.7. The van der Waals surface area contributed by atoms with Crippen LogP contribution in [0.1, 0.15) is 32.6 Å². The second kappa shape index (κ2) is 8.06. The molecular weight excluding hydrogens is 294 g/mol. The highest BCUT2D eigenvalue weighted by molar-refractivity contribution is 9.09. The lowest BCUT2D eigenvalue weighted by Crippen LogP contribution is -2.50. The van der Waals surface area contributed by atoms with Crippen LogP contribution in [0.5, 0.6) is 0 Å². The van der Waals surface area contributed by atoms with Crippen molar-refractivity contribution in [1.29, 1.82) is 0 Å². The monoisotopic (exact) mass is 323 g/mol. The summed E-state index contributed by atoms with van der Waals surface area (Å²) in [7, 11) is -1.73. The first-order chi connectivity index (χ1) is 7.33. The van der Waals surface area contributed by atoms with Crippen molar-refractivity contribution in [1.82, 2.24) is 4.65 Å². The molecule has 0 aliphatic carbocycles. The van der Waals surface area contributed by atoms with Crippen molar-refractivity contribution < 1.29 is 0 Å². The van der Waals surface area contributed by atoms with Crippen molar-refractivity contribution >= 4 is 32.4 Å². The number of unbranched alkanes of at least 4 members (excludes halogenated alkanes) is 3. The van der Waals surface area contributed by atoms with Crippen molar-refractivity contribution in [2.24, 2.45) is 0 Å². The third-order valence-corrected chi connectivity index (χ3v) is 12.5. The van der Waals surface area contributed by atoms with E-state index in [4.69, 9.17) is 0 Å². The zero-order valence-corrected chi connectivity index (χ0v) is 15.4. The van der Waals surface area contributed by atoms with Crippen LogP contribution in [0.25, 0.3) is 0 Å². The van der Waals surface area contributed by atoms with Gasteiger partial charge < -0.3 is 4.65 Å². The number of alkyl halides is 1. The minimum absolute atomic E-state index is 0.864. The molecule has 1 nitrogen and oxygen atoms in total. The van der Waals surface area contributed by atoms with Gasteiger partial charge in [-0.15, -0.1) is 0 Å². The molecule has 0 aromatic carbocycles. The van der Waals surface area contributed by atoms with Gasteiger partial charge in [0.15, 0.2) is 0 Å². The van der Waals surface area contributed by atoms with Crippen molar-refractivity contribution in [2.75, 3.05) is 5.33 Å². The molecule has 1 aliphatic rings. The second-order valence-corrected chi connectivity index (χ2v) is 16.5. The lowest BCUT2D eigenvalue weighted by Gasteiger charge is -2.21. The molecule has 0 atom stereocenters. The maximum absolute atomic E-state index is 3.85. The molecule has 1 aliphatic heterocycles. The fourth-order valence-electron chi connectivity index (χ4n) is 2.19. The number of halogens is 1. The predicted octanol–water partition coefficient (Wildman–Crippen LogP) is 4.96. The van der Waals surface area contributed by atoms with Gasteiger partial charge in [-0.3, -0.25) is 0 Å². The van der Waals surface area contributed by atoms with Gasteiger partial charge in [0.05, 0.1) is 0 Å². The summed E-state index contributed by atoms with van der Waals surface area (Å²) >= 11 is 3.38. The topological polar surface area (TPSA) is 12.0 Å². The van der Waals surface area contributed by atoms with Gasteiger partial charge in [0.25, 0.3) is 0 Å². The molecule has 0 bridgehead atoms. The van der Waals surface area contributed by atoms with Crippen molar-refractivity contribution in [2.45, 2.75) is 70.9 Å². The number of rotatable bonds is 4. The number of hydrogen-bond donors (Lipinski definition) is 1. The van der Waals surface area contributed by atoms with Gasteiger partial charge in [-0.1, -0.05) is 68.3 Å². The molecule has 0 saturated carbocycles. The van der Waals surface area contributed by atoms with E-state index in [2.05, 4.69) is 53.7 Å². The molecule has 1 saturated heterocycles. The quantitative estimate of drug-likeness (QED) is 0.438. The van der Waals surface area contributed by atoms with Crippen LogP contribution < -0.4 is 4.65 Å². The van der Waals surface area contributed by atoms with Gasteiger partial charge in [0.2, 0.25) is 0 Å². The number of nitrogens with one attached hydrogen (secondary N) is 1. The van der Waals surface area contributed by atoms with Crippen LogP contribution in [0.3, 0.4) is 0 Å². The molecule has 1 heterocycles. The van der Waals surface area contributed by atoms with E-state index in [0.717, 1.165) is 0 Å². The van der Waals surface area contributed by atoms with E-state index >= 15 is 0 Å². The molecule has 98 valence electrons. The molecule has 0 aromatic rings. The van der Waals surface area contributed by atoms with Crippen LogP contribution in [-0.4, -0.2) is 21.8 Å². The molecule has 0 spiro atoms. The molecule has 0 aromatic heterocycles. The van der Waals surface area contributed by atoms with E-state index in [1.165, 1.54) is 43.1 Å². The molecular formula is C12H30BrNSi2. The van der Waals surface area contributed by atoms with Gasteiger partial charge in [-0.2, -0.15) is 0 Å². The smallest absolute Gasteiger partial charge is 0.112 e. The Balaban J connectivity index is 0.000000293.